The Bertz CT molecular complexity index is 875. The number of pyridine rings is 1. The van der Waals surface area contributed by atoms with Crippen molar-refractivity contribution in [3.63, 3.8) is 0 Å². The third-order valence-electron chi connectivity index (χ3n) is 3.54. The molecule has 0 atom stereocenters. The van der Waals surface area contributed by atoms with Gasteiger partial charge in [-0.25, -0.2) is 4.39 Å². The average molecular weight is 382 g/mol. The summed E-state index contributed by atoms with van der Waals surface area (Å²) in [4.78, 5) is 15.7. The molecule has 2 aromatic heterocycles. The van der Waals surface area contributed by atoms with Crippen LogP contribution in [-0.4, -0.2) is 40.8 Å². The minimum atomic E-state index is -0.355. The molecule has 0 saturated carbocycles. The highest BCUT2D eigenvalue weighted by Crippen LogP contribution is 2.13. The number of ether oxygens (including phenoxy) is 1. The van der Waals surface area contributed by atoms with Crippen molar-refractivity contribution in [3.8, 4) is 5.75 Å². The molecule has 0 fully saturated rings. The van der Waals surface area contributed by atoms with Gasteiger partial charge in [0.2, 0.25) is 0 Å². The molecular weight excluding hydrogens is 363 g/mol. The summed E-state index contributed by atoms with van der Waals surface area (Å²) in [6.45, 7) is 0.732. The molecule has 0 aliphatic rings. The average Bonchev–Trinajstić information content (AvgIpc) is 2.73. The number of hydrogen-bond donors (Lipinski definition) is 3. The van der Waals surface area contributed by atoms with Crippen molar-refractivity contribution in [1.29, 1.82) is 0 Å². The number of carbonyl (C=O) groups excluding carboxylic acids is 1. The van der Waals surface area contributed by atoms with Gasteiger partial charge in [0, 0.05) is 19.3 Å². The van der Waals surface area contributed by atoms with Crippen molar-refractivity contribution in [3.05, 3.63) is 66.7 Å². The van der Waals surface area contributed by atoms with E-state index in [-0.39, 0.29) is 18.3 Å². The van der Waals surface area contributed by atoms with Crippen LogP contribution in [0.15, 0.2) is 60.9 Å². The Balaban J connectivity index is 1.33. The summed E-state index contributed by atoms with van der Waals surface area (Å²) in [5, 5.41) is 17.0. The molecule has 144 valence electrons. The molecular formula is C19H19FN6O2. The van der Waals surface area contributed by atoms with E-state index in [4.69, 9.17) is 4.74 Å². The van der Waals surface area contributed by atoms with Crippen molar-refractivity contribution < 1.29 is 13.9 Å². The second-order valence-corrected chi connectivity index (χ2v) is 5.69. The van der Waals surface area contributed by atoms with Crippen LogP contribution in [0.3, 0.4) is 0 Å². The number of rotatable bonds is 9. The highest BCUT2D eigenvalue weighted by molar-refractivity contribution is 5.77. The highest BCUT2D eigenvalue weighted by Gasteiger charge is 2.03. The Hall–Kier alpha value is -3.75. The number of amides is 1. The summed E-state index contributed by atoms with van der Waals surface area (Å²) in [5.74, 6) is 1.00. The quantitative estimate of drug-likeness (QED) is 0.488. The Morgan fingerprint density at radius 1 is 1.00 bits per heavy atom. The predicted octanol–water partition coefficient (Wildman–Crippen LogP) is 2.36. The van der Waals surface area contributed by atoms with Gasteiger partial charge in [-0.3, -0.25) is 9.78 Å². The smallest absolute Gasteiger partial charge is 0.258 e. The number of halogens is 1. The molecule has 1 aromatic carbocycles. The summed E-state index contributed by atoms with van der Waals surface area (Å²) in [6.07, 6.45) is 3.38. The first-order valence-electron chi connectivity index (χ1n) is 8.59. The Kier molecular flexibility index (Phi) is 6.67. The van der Waals surface area contributed by atoms with Crippen LogP contribution in [0.5, 0.6) is 5.75 Å². The summed E-state index contributed by atoms with van der Waals surface area (Å²) in [5.41, 5.74) is 0.822. The van der Waals surface area contributed by atoms with E-state index in [1.54, 1.807) is 24.5 Å². The molecule has 3 N–H and O–H groups in total. The fraction of sp³-hybridized carbons (Fsp3) is 0.158. The molecule has 0 aliphatic heterocycles. The van der Waals surface area contributed by atoms with Crippen LogP contribution >= 0.6 is 0 Å². The van der Waals surface area contributed by atoms with Gasteiger partial charge in [-0.05, 0) is 48.5 Å². The van der Waals surface area contributed by atoms with Crippen molar-refractivity contribution in [2.75, 3.05) is 30.3 Å². The molecule has 0 saturated heterocycles. The van der Waals surface area contributed by atoms with Crippen LogP contribution < -0.4 is 20.7 Å². The SMILES string of the molecule is O=C(COc1ccc(F)cc1)NCCNc1ccc(Nc2cccnc2)nn1. The molecule has 3 aromatic rings. The molecule has 0 unspecified atom stereocenters. The van der Waals surface area contributed by atoms with Gasteiger partial charge in [0.25, 0.3) is 5.91 Å². The predicted molar refractivity (Wildman–Crippen MR) is 103 cm³/mol. The van der Waals surface area contributed by atoms with Gasteiger partial charge < -0.3 is 20.7 Å². The molecule has 1 amide bonds. The highest BCUT2D eigenvalue weighted by atomic mass is 19.1. The number of benzene rings is 1. The van der Waals surface area contributed by atoms with Crippen LogP contribution in [0.2, 0.25) is 0 Å². The van der Waals surface area contributed by atoms with E-state index in [9.17, 15) is 9.18 Å². The maximum absolute atomic E-state index is 12.8. The van der Waals surface area contributed by atoms with Gasteiger partial charge in [-0.2, -0.15) is 0 Å². The summed E-state index contributed by atoms with van der Waals surface area (Å²) in [6, 6.07) is 12.8. The van der Waals surface area contributed by atoms with E-state index < -0.39 is 0 Å². The Morgan fingerprint density at radius 2 is 1.79 bits per heavy atom. The number of carbonyl (C=O) groups is 1. The lowest BCUT2D eigenvalue weighted by Crippen LogP contribution is -2.32. The summed E-state index contributed by atoms with van der Waals surface area (Å²) >= 11 is 0. The fourth-order valence-electron chi connectivity index (χ4n) is 2.20. The first-order chi connectivity index (χ1) is 13.7. The van der Waals surface area contributed by atoms with E-state index >= 15 is 0 Å². The number of aromatic nitrogens is 3. The minimum Gasteiger partial charge on any atom is -0.484 e. The molecule has 0 aliphatic carbocycles. The number of hydrogen-bond acceptors (Lipinski definition) is 7. The summed E-state index contributed by atoms with van der Waals surface area (Å²) < 4.78 is 18.1. The lowest BCUT2D eigenvalue weighted by Gasteiger charge is -2.09. The van der Waals surface area contributed by atoms with Gasteiger partial charge in [0.1, 0.15) is 17.4 Å². The van der Waals surface area contributed by atoms with Crippen LogP contribution in [-0.2, 0) is 4.79 Å². The van der Waals surface area contributed by atoms with Gasteiger partial charge in [-0.1, -0.05) is 0 Å². The minimum absolute atomic E-state index is 0.139. The molecule has 0 spiro atoms. The molecule has 28 heavy (non-hydrogen) atoms. The van der Waals surface area contributed by atoms with E-state index in [0.29, 0.717) is 30.5 Å². The third-order valence-corrected chi connectivity index (χ3v) is 3.54. The van der Waals surface area contributed by atoms with E-state index in [1.807, 2.05) is 12.1 Å². The molecule has 9 heteroatoms. The number of nitrogens with zero attached hydrogens (tertiary/aromatic N) is 3. The van der Waals surface area contributed by atoms with E-state index in [1.165, 1.54) is 24.3 Å². The van der Waals surface area contributed by atoms with E-state index in [2.05, 4.69) is 31.1 Å². The first-order valence-corrected chi connectivity index (χ1v) is 8.59. The third kappa shape index (κ3) is 6.20. The molecule has 8 nitrogen and oxygen atoms in total. The Morgan fingerprint density at radius 3 is 2.50 bits per heavy atom. The fourth-order valence-corrected chi connectivity index (χ4v) is 2.20. The van der Waals surface area contributed by atoms with Gasteiger partial charge in [-0.15, -0.1) is 10.2 Å². The van der Waals surface area contributed by atoms with Crippen LogP contribution in [0, 0.1) is 5.82 Å². The van der Waals surface area contributed by atoms with Gasteiger partial charge in [0.15, 0.2) is 12.4 Å². The molecule has 3 rings (SSSR count). The zero-order chi connectivity index (χ0) is 19.6. The van der Waals surface area contributed by atoms with Crippen LogP contribution in [0.1, 0.15) is 0 Å². The zero-order valence-electron chi connectivity index (χ0n) is 14.9. The van der Waals surface area contributed by atoms with Gasteiger partial charge >= 0.3 is 0 Å². The van der Waals surface area contributed by atoms with Crippen molar-refractivity contribution in [2.24, 2.45) is 0 Å². The van der Waals surface area contributed by atoms with Crippen LogP contribution in [0.25, 0.3) is 0 Å². The lowest BCUT2D eigenvalue weighted by atomic mass is 10.3. The number of anilines is 3. The standard InChI is InChI=1S/C19H19FN6O2/c20-14-3-5-16(6-4-14)28-13-19(27)23-11-10-22-17-7-8-18(26-25-17)24-15-2-1-9-21-12-15/h1-9,12H,10-11,13H2,(H,22,25)(H,23,27)(H,24,26). The Labute approximate surface area is 161 Å². The number of nitrogens with one attached hydrogen (secondary N) is 3. The van der Waals surface area contributed by atoms with Crippen molar-refractivity contribution >= 4 is 23.2 Å². The maximum Gasteiger partial charge on any atom is 0.258 e. The molecule has 2 heterocycles. The maximum atomic E-state index is 12.8. The molecule has 0 radical (unpaired) electrons. The lowest BCUT2D eigenvalue weighted by molar-refractivity contribution is -0.123. The second kappa shape index (κ2) is 9.81. The van der Waals surface area contributed by atoms with Crippen molar-refractivity contribution in [1.82, 2.24) is 20.5 Å². The van der Waals surface area contributed by atoms with Gasteiger partial charge in [0.05, 0.1) is 11.9 Å². The monoisotopic (exact) mass is 382 g/mol. The normalized spacial score (nSPS) is 10.2. The first kappa shape index (κ1) is 19.0. The van der Waals surface area contributed by atoms with Crippen molar-refractivity contribution in [2.45, 2.75) is 0 Å². The topological polar surface area (TPSA) is 101 Å². The largest absolute Gasteiger partial charge is 0.484 e. The summed E-state index contributed by atoms with van der Waals surface area (Å²) in [7, 11) is 0. The molecule has 0 bridgehead atoms. The zero-order valence-corrected chi connectivity index (χ0v) is 14.9. The second-order valence-electron chi connectivity index (χ2n) is 5.69. The van der Waals surface area contributed by atoms with Crippen LogP contribution in [0.4, 0.5) is 21.7 Å². The van der Waals surface area contributed by atoms with E-state index in [0.717, 1.165) is 5.69 Å².